The van der Waals surface area contributed by atoms with Gasteiger partial charge in [0, 0.05) is 24.5 Å². The number of carbonyl (C=O) groups excluding carboxylic acids is 2. The van der Waals surface area contributed by atoms with Gasteiger partial charge >= 0.3 is 0 Å². The number of primary amides is 1. The number of ether oxygens (including phenoxy) is 1. The average molecular weight is 548 g/mol. The Morgan fingerprint density at radius 1 is 1.03 bits per heavy atom. The number of hydrogen-bond acceptors (Lipinski definition) is 6. The van der Waals surface area contributed by atoms with Crippen LogP contribution in [0.25, 0.3) is 20.8 Å². The van der Waals surface area contributed by atoms with Crippen LogP contribution in [0.1, 0.15) is 31.4 Å². The molecule has 0 saturated carbocycles. The Morgan fingerprint density at radius 3 is 2.51 bits per heavy atom. The quantitative estimate of drug-likeness (QED) is 0.231. The minimum atomic E-state index is -1.55. The first kappa shape index (κ1) is 26.0. The fourth-order valence-corrected chi connectivity index (χ4v) is 5.00. The number of hydrogen-bond donors (Lipinski definition) is 2. The van der Waals surface area contributed by atoms with Crippen LogP contribution < -0.4 is 15.8 Å². The molecule has 3 heterocycles. The van der Waals surface area contributed by atoms with Gasteiger partial charge in [0.15, 0.2) is 11.6 Å². The second-order valence-electron chi connectivity index (χ2n) is 9.03. The van der Waals surface area contributed by atoms with Crippen molar-refractivity contribution < 1.29 is 23.1 Å². The molecule has 39 heavy (non-hydrogen) atoms. The van der Waals surface area contributed by atoms with Gasteiger partial charge in [0.2, 0.25) is 11.8 Å². The zero-order valence-corrected chi connectivity index (χ0v) is 21.7. The van der Waals surface area contributed by atoms with Crippen LogP contribution in [0.3, 0.4) is 0 Å². The van der Waals surface area contributed by atoms with Crippen LogP contribution in [-0.4, -0.2) is 26.3 Å². The van der Waals surface area contributed by atoms with Gasteiger partial charge < -0.3 is 20.4 Å². The molecule has 3 aromatic heterocycles. The molecule has 3 N–H and O–H groups in total. The fraction of sp³-hybridized carbons (Fsp3) is 0.143. The molecule has 0 spiro atoms. The van der Waals surface area contributed by atoms with E-state index in [2.05, 4.69) is 29.1 Å². The number of fused-ring (bicyclic) bond motifs is 1. The second-order valence-corrected chi connectivity index (χ2v) is 10.1. The van der Waals surface area contributed by atoms with Gasteiger partial charge in [0.25, 0.3) is 0 Å². The predicted molar refractivity (Wildman–Crippen MR) is 145 cm³/mol. The summed E-state index contributed by atoms with van der Waals surface area (Å²) < 4.78 is 37.7. The van der Waals surface area contributed by atoms with Crippen molar-refractivity contribution in [3.8, 4) is 22.1 Å². The number of thiophene rings is 1. The monoisotopic (exact) mass is 547 g/mol. The molecule has 1 unspecified atom stereocenters. The number of para-hydroxylation sites is 1. The van der Waals surface area contributed by atoms with Crippen molar-refractivity contribution in [1.29, 1.82) is 0 Å². The zero-order valence-electron chi connectivity index (χ0n) is 20.9. The molecule has 2 amide bonds. The van der Waals surface area contributed by atoms with Gasteiger partial charge in [-0.25, -0.2) is 13.8 Å². The van der Waals surface area contributed by atoms with E-state index >= 15 is 4.39 Å². The number of halogens is 2. The van der Waals surface area contributed by atoms with E-state index in [0.29, 0.717) is 16.0 Å². The van der Waals surface area contributed by atoms with E-state index in [4.69, 9.17) is 10.5 Å². The molecule has 0 fully saturated rings. The third kappa shape index (κ3) is 5.34. The molecule has 0 aliphatic rings. The summed E-state index contributed by atoms with van der Waals surface area (Å²) in [6.07, 6.45) is 5.28. The summed E-state index contributed by atoms with van der Waals surface area (Å²) in [5, 5.41) is 2.33. The molecule has 8 nitrogen and oxygen atoms in total. The van der Waals surface area contributed by atoms with Gasteiger partial charge in [-0.1, -0.05) is 18.2 Å². The van der Waals surface area contributed by atoms with E-state index in [0.717, 1.165) is 22.7 Å². The molecule has 0 aliphatic heterocycles. The largest absolute Gasteiger partial charge is 0.453 e. The first-order valence-corrected chi connectivity index (χ1v) is 12.8. The maximum absolute atomic E-state index is 15.2. The van der Waals surface area contributed by atoms with Crippen molar-refractivity contribution in [2.75, 3.05) is 5.32 Å². The zero-order chi connectivity index (χ0) is 27.7. The molecular formula is C28H23F2N5O3S. The number of nitrogens with zero attached hydrogens (tertiary/aromatic N) is 3. The van der Waals surface area contributed by atoms with Crippen molar-refractivity contribution in [2.24, 2.45) is 5.73 Å². The highest BCUT2D eigenvalue weighted by Gasteiger charge is 2.28. The smallest absolute Gasteiger partial charge is 0.241 e. The molecule has 0 radical (unpaired) electrons. The van der Waals surface area contributed by atoms with Crippen LogP contribution >= 0.6 is 11.3 Å². The maximum Gasteiger partial charge on any atom is 0.241 e. The maximum atomic E-state index is 15.2. The number of anilines is 1. The minimum Gasteiger partial charge on any atom is -0.453 e. The highest BCUT2D eigenvalue weighted by atomic mass is 32.1. The topological polar surface area (TPSA) is 112 Å². The van der Waals surface area contributed by atoms with Crippen molar-refractivity contribution >= 4 is 39.1 Å². The molecule has 1 atom stereocenters. The lowest BCUT2D eigenvalue weighted by atomic mass is 9.97. The van der Waals surface area contributed by atoms with E-state index in [1.165, 1.54) is 41.7 Å². The highest BCUT2D eigenvalue weighted by molar-refractivity contribution is 7.22. The molecule has 0 bridgehead atoms. The van der Waals surface area contributed by atoms with Gasteiger partial charge in [-0.2, -0.15) is 0 Å². The number of benzene rings is 2. The van der Waals surface area contributed by atoms with Gasteiger partial charge in [0.1, 0.15) is 17.5 Å². The molecule has 5 aromatic rings. The Kier molecular flexibility index (Phi) is 7.07. The van der Waals surface area contributed by atoms with Crippen molar-refractivity contribution in [3.63, 3.8) is 0 Å². The summed E-state index contributed by atoms with van der Waals surface area (Å²) in [6, 6.07) is 12.9. The number of aromatic nitrogens is 3. The standard InChI is InChI=1S/C28H23F2N5O3S/c1-15(2)35-13-21(33-14-35)24-12-20-26(39-24)23(9-10-32-20)38-22-8-7-16(11-18(22)30)25(27(31)36)28(37)34-19-6-4-3-5-17(19)29/h3-15,25H,1-2H3,(H2,31,36)(H,34,37). The van der Waals surface area contributed by atoms with Crippen LogP contribution in [0.2, 0.25) is 0 Å². The normalized spacial score (nSPS) is 12.0. The lowest BCUT2D eigenvalue weighted by Crippen LogP contribution is -2.32. The summed E-state index contributed by atoms with van der Waals surface area (Å²) in [4.78, 5) is 34.6. The van der Waals surface area contributed by atoms with Crippen molar-refractivity contribution in [1.82, 2.24) is 14.5 Å². The van der Waals surface area contributed by atoms with Crippen LogP contribution in [-0.2, 0) is 9.59 Å². The van der Waals surface area contributed by atoms with Gasteiger partial charge in [-0.3, -0.25) is 14.6 Å². The van der Waals surface area contributed by atoms with E-state index in [9.17, 15) is 14.0 Å². The fourth-order valence-electron chi connectivity index (χ4n) is 3.98. The number of pyridine rings is 1. The summed E-state index contributed by atoms with van der Waals surface area (Å²) in [5.41, 5.74) is 6.78. The number of nitrogens with two attached hydrogens (primary N) is 1. The van der Waals surface area contributed by atoms with Crippen LogP contribution in [0.15, 0.2) is 73.3 Å². The second kappa shape index (κ2) is 10.6. The highest BCUT2D eigenvalue weighted by Crippen LogP contribution is 2.39. The Balaban J connectivity index is 1.40. The van der Waals surface area contributed by atoms with Gasteiger partial charge in [0.05, 0.1) is 32.8 Å². The summed E-state index contributed by atoms with van der Waals surface area (Å²) in [6.45, 7) is 4.12. The SMILES string of the molecule is CC(C)n1cnc(-c2cc3nccc(Oc4ccc(C(C(N)=O)C(=O)Nc5ccccc5F)cc4F)c3s2)c1. The molecule has 0 aliphatic carbocycles. The van der Waals surface area contributed by atoms with Gasteiger partial charge in [-0.15, -0.1) is 11.3 Å². The molecule has 11 heteroatoms. The average Bonchev–Trinajstić information content (AvgIpc) is 3.55. The molecule has 0 saturated heterocycles. The number of imidazole rings is 1. The minimum absolute atomic E-state index is 0.000197. The molecule has 2 aromatic carbocycles. The first-order chi connectivity index (χ1) is 18.7. The molecular weight excluding hydrogens is 524 g/mol. The number of rotatable bonds is 8. The Morgan fingerprint density at radius 2 is 1.82 bits per heavy atom. The number of carbonyl (C=O) groups is 2. The van der Waals surface area contributed by atoms with Gasteiger partial charge in [-0.05, 0) is 49.7 Å². The van der Waals surface area contributed by atoms with Crippen LogP contribution in [0.4, 0.5) is 14.5 Å². The summed E-state index contributed by atoms with van der Waals surface area (Å²) in [7, 11) is 0. The van der Waals surface area contributed by atoms with Crippen LogP contribution in [0.5, 0.6) is 11.5 Å². The lowest BCUT2D eigenvalue weighted by Gasteiger charge is -2.16. The number of amides is 2. The third-order valence-corrected chi connectivity index (χ3v) is 7.18. The van der Waals surface area contributed by atoms with Crippen molar-refractivity contribution in [3.05, 3.63) is 90.5 Å². The summed E-state index contributed by atoms with van der Waals surface area (Å²) in [5.74, 6) is -4.68. The lowest BCUT2D eigenvalue weighted by molar-refractivity contribution is -0.127. The van der Waals surface area contributed by atoms with E-state index in [1.54, 1.807) is 18.6 Å². The Labute approximate surface area is 226 Å². The first-order valence-electron chi connectivity index (χ1n) is 12.0. The molecule has 198 valence electrons. The van der Waals surface area contributed by atoms with E-state index in [1.807, 2.05) is 16.8 Å². The third-order valence-electron chi connectivity index (χ3n) is 6.01. The van der Waals surface area contributed by atoms with Crippen molar-refractivity contribution in [2.45, 2.75) is 25.8 Å². The van der Waals surface area contributed by atoms with E-state index < -0.39 is 29.4 Å². The summed E-state index contributed by atoms with van der Waals surface area (Å²) >= 11 is 1.41. The van der Waals surface area contributed by atoms with Crippen LogP contribution in [0, 0.1) is 11.6 Å². The molecule has 5 rings (SSSR count). The number of nitrogens with one attached hydrogen (secondary N) is 1. The Hall–Kier alpha value is -4.64. The Bertz CT molecular complexity index is 1700. The van der Waals surface area contributed by atoms with E-state index in [-0.39, 0.29) is 23.0 Å². The predicted octanol–water partition coefficient (Wildman–Crippen LogP) is 6.02.